The monoisotopic (exact) mass is 298 g/mol. The van der Waals surface area contributed by atoms with Crippen LogP contribution >= 0.6 is 0 Å². The molecule has 1 heterocycles. The molecular weight excluding hydrogens is 280 g/mol. The maximum absolute atomic E-state index is 12.3. The van der Waals surface area contributed by atoms with E-state index in [-0.39, 0.29) is 16.5 Å². The van der Waals surface area contributed by atoms with Gasteiger partial charge in [-0.2, -0.15) is 0 Å². The zero-order valence-corrected chi connectivity index (χ0v) is 12.1. The van der Waals surface area contributed by atoms with E-state index < -0.39 is 16.0 Å². The van der Waals surface area contributed by atoms with Crippen molar-refractivity contribution >= 4 is 16.0 Å². The summed E-state index contributed by atoms with van der Waals surface area (Å²) >= 11 is 0. The molecule has 2 rings (SSSR count). The van der Waals surface area contributed by atoms with Crippen LogP contribution in [0.2, 0.25) is 0 Å². The van der Waals surface area contributed by atoms with E-state index in [2.05, 4.69) is 9.62 Å². The van der Waals surface area contributed by atoms with Crippen LogP contribution in [0.25, 0.3) is 0 Å². The van der Waals surface area contributed by atoms with Gasteiger partial charge >= 0.3 is 5.97 Å². The van der Waals surface area contributed by atoms with Crippen LogP contribution in [0.15, 0.2) is 29.2 Å². The maximum Gasteiger partial charge on any atom is 0.335 e. The molecule has 1 atom stereocenters. The first kappa shape index (κ1) is 15.0. The summed E-state index contributed by atoms with van der Waals surface area (Å²) in [6, 6.07) is 5.26. The van der Waals surface area contributed by atoms with E-state index in [1.165, 1.54) is 24.3 Å². The summed E-state index contributed by atoms with van der Waals surface area (Å²) in [5.74, 6) is -1.14. The zero-order chi connectivity index (χ0) is 14.8. The maximum atomic E-state index is 12.3. The third kappa shape index (κ3) is 3.56. The van der Waals surface area contributed by atoms with E-state index in [0.29, 0.717) is 6.54 Å². The van der Waals surface area contributed by atoms with Crippen LogP contribution < -0.4 is 4.72 Å². The van der Waals surface area contributed by atoms with Crippen molar-refractivity contribution < 1.29 is 18.3 Å². The Morgan fingerprint density at radius 1 is 1.45 bits per heavy atom. The standard InChI is InChI=1S/C13H18N2O4S/c1-15-7-3-5-11(9-15)14-20(18,19)12-6-2-4-10(8-12)13(16)17/h2,4,6,8,11,14H,3,5,7,9H2,1H3,(H,16,17). The van der Waals surface area contributed by atoms with Crippen molar-refractivity contribution in [3.8, 4) is 0 Å². The molecule has 2 N–H and O–H groups in total. The predicted octanol–water partition coefficient (Wildman–Crippen LogP) is 0.757. The average molecular weight is 298 g/mol. The van der Waals surface area contributed by atoms with Crippen molar-refractivity contribution in [2.75, 3.05) is 20.1 Å². The normalized spacial score (nSPS) is 20.8. The van der Waals surface area contributed by atoms with Crippen molar-refractivity contribution in [2.24, 2.45) is 0 Å². The third-order valence-electron chi connectivity index (χ3n) is 3.34. The summed E-state index contributed by atoms with van der Waals surface area (Å²) in [6.45, 7) is 1.63. The van der Waals surface area contributed by atoms with Gasteiger partial charge in [0.05, 0.1) is 10.5 Å². The second-order valence-corrected chi connectivity index (χ2v) is 6.77. The van der Waals surface area contributed by atoms with Crippen LogP contribution in [-0.2, 0) is 10.0 Å². The lowest BCUT2D eigenvalue weighted by molar-refractivity contribution is 0.0696. The van der Waals surface area contributed by atoms with Crippen molar-refractivity contribution in [3.63, 3.8) is 0 Å². The molecule has 0 aromatic heterocycles. The van der Waals surface area contributed by atoms with Gasteiger partial charge in [-0.3, -0.25) is 0 Å². The summed E-state index contributed by atoms with van der Waals surface area (Å²) in [5, 5.41) is 8.91. The molecule has 1 fully saturated rings. The van der Waals surface area contributed by atoms with E-state index in [0.717, 1.165) is 19.4 Å². The number of hydrogen-bond acceptors (Lipinski definition) is 4. The van der Waals surface area contributed by atoms with Gasteiger partial charge in [0.25, 0.3) is 0 Å². The molecule has 110 valence electrons. The number of piperidine rings is 1. The fourth-order valence-electron chi connectivity index (χ4n) is 2.35. The molecule has 0 saturated carbocycles. The summed E-state index contributed by atoms with van der Waals surface area (Å²) < 4.78 is 27.2. The van der Waals surface area contributed by atoms with Gasteiger partial charge in [-0.1, -0.05) is 6.07 Å². The quantitative estimate of drug-likeness (QED) is 0.857. The highest BCUT2D eigenvalue weighted by molar-refractivity contribution is 7.89. The molecule has 1 aromatic carbocycles. The van der Waals surface area contributed by atoms with Crippen molar-refractivity contribution in [2.45, 2.75) is 23.8 Å². The van der Waals surface area contributed by atoms with Crippen molar-refractivity contribution in [3.05, 3.63) is 29.8 Å². The molecule has 0 aliphatic carbocycles. The molecule has 0 amide bonds. The van der Waals surface area contributed by atoms with Crippen LogP contribution in [0.5, 0.6) is 0 Å². The summed E-state index contributed by atoms with van der Waals surface area (Å²) in [6.07, 6.45) is 1.74. The first-order valence-corrected chi connectivity index (χ1v) is 7.91. The Hall–Kier alpha value is -1.44. The highest BCUT2D eigenvalue weighted by Crippen LogP contribution is 2.15. The smallest absolute Gasteiger partial charge is 0.335 e. The summed E-state index contributed by atoms with van der Waals surface area (Å²) in [5.41, 5.74) is -0.0337. The van der Waals surface area contributed by atoms with Crippen LogP contribution in [0.1, 0.15) is 23.2 Å². The number of likely N-dealkylation sites (tertiary alicyclic amines) is 1. The Morgan fingerprint density at radius 2 is 2.20 bits per heavy atom. The number of rotatable bonds is 4. The van der Waals surface area contributed by atoms with Gasteiger partial charge in [-0.25, -0.2) is 17.9 Å². The number of carbonyl (C=O) groups is 1. The van der Waals surface area contributed by atoms with Crippen molar-refractivity contribution in [1.82, 2.24) is 9.62 Å². The first-order chi connectivity index (χ1) is 9.38. The fraction of sp³-hybridized carbons (Fsp3) is 0.462. The van der Waals surface area contributed by atoms with Gasteiger partial charge in [0, 0.05) is 12.6 Å². The number of sulfonamides is 1. The lowest BCUT2D eigenvalue weighted by Crippen LogP contribution is -2.46. The Bertz CT molecular complexity index is 600. The molecule has 0 bridgehead atoms. The van der Waals surface area contributed by atoms with Gasteiger partial charge in [0.15, 0.2) is 0 Å². The molecule has 1 aromatic rings. The molecule has 1 aliphatic heterocycles. The molecule has 20 heavy (non-hydrogen) atoms. The molecule has 7 heteroatoms. The van der Waals surface area contributed by atoms with E-state index in [9.17, 15) is 13.2 Å². The highest BCUT2D eigenvalue weighted by atomic mass is 32.2. The molecular formula is C13H18N2O4S. The second-order valence-electron chi connectivity index (χ2n) is 5.06. The Kier molecular flexibility index (Phi) is 4.42. The average Bonchev–Trinajstić information content (AvgIpc) is 2.38. The molecule has 0 radical (unpaired) electrons. The van der Waals surface area contributed by atoms with E-state index in [1.807, 2.05) is 7.05 Å². The number of carboxylic acids is 1. The second kappa shape index (κ2) is 5.90. The Labute approximate surface area is 118 Å². The number of hydrogen-bond donors (Lipinski definition) is 2. The van der Waals surface area contributed by atoms with Gasteiger partial charge in [-0.15, -0.1) is 0 Å². The third-order valence-corrected chi connectivity index (χ3v) is 4.86. The van der Waals surface area contributed by atoms with E-state index >= 15 is 0 Å². The van der Waals surface area contributed by atoms with Gasteiger partial charge in [-0.05, 0) is 44.6 Å². The van der Waals surface area contributed by atoms with Gasteiger partial charge in [0.2, 0.25) is 10.0 Å². The zero-order valence-electron chi connectivity index (χ0n) is 11.2. The lowest BCUT2D eigenvalue weighted by atomic mass is 10.1. The Balaban J connectivity index is 2.17. The van der Waals surface area contributed by atoms with E-state index in [1.54, 1.807) is 0 Å². The Morgan fingerprint density at radius 3 is 2.85 bits per heavy atom. The highest BCUT2D eigenvalue weighted by Gasteiger charge is 2.24. The van der Waals surface area contributed by atoms with Crippen LogP contribution in [0.3, 0.4) is 0 Å². The topological polar surface area (TPSA) is 86.7 Å². The van der Waals surface area contributed by atoms with Crippen LogP contribution in [0.4, 0.5) is 0 Å². The number of aromatic carboxylic acids is 1. The summed E-state index contributed by atoms with van der Waals surface area (Å²) in [7, 11) is -1.73. The number of likely N-dealkylation sites (N-methyl/N-ethyl adjacent to an activating group) is 1. The number of nitrogens with zero attached hydrogens (tertiary/aromatic N) is 1. The minimum atomic E-state index is -3.68. The first-order valence-electron chi connectivity index (χ1n) is 6.43. The van der Waals surface area contributed by atoms with Gasteiger partial charge < -0.3 is 10.0 Å². The minimum Gasteiger partial charge on any atom is -0.478 e. The molecule has 6 nitrogen and oxygen atoms in total. The molecule has 1 saturated heterocycles. The number of nitrogens with one attached hydrogen (secondary N) is 1. The fourth-order valence-corrected chi connectivity index (χ4v) is 3.65. The largest absolute Gasteiger partial charge is 0.478 e. The van der Waals surface area contributed by atoms with E-state index in [4.69, 9.17) is 5.11 Å². The predicted molar refractivity (Wildman–Crippen MR) is 74.2 cm³/mol. The lowest BCUT2D eigenvalue weighted by Gasteiger charge is -2.29. The minimum absolute atomic E-state index is 0.00868. The number of carboxylic acid groups (broad SMARTS) is 1. The van der Waals surface area contributed by atoms with Crippen LogP contribution in [0, 0.1) is 0 Å². The molecule has 1 unspecified atom stereocenters. The number of benzene rings is 1. The van der Waals surface area contributed by atoms with Crippen molar-refractivity contribution in [1.29, 1.82) is 0 Å². The van der Waals surface area contributed by atoms with Gasteiger partial charge in [0.1, 0.15) is 0 Å². The SMILES string of the molecule is CN1CCCC(NS(=O)(=O)c2cccc(C(=O)O)c2)C1. The summed E-state index contributed by atoms with van der Waals surface area (Å²) in [4.78, 5) is 13.0. The molecule has 1 aliphatic rings. The van der Waals surface area contributed by atoms with Crippen LogP contribution in [-0.4, -0.2) is 50.6 Å². The molecule has 0 spiro atoms.